The van der Waals surface area contributed by atoms with Crippen molar-refractivity contribution < 1.29 is 23.5 Å². The molecule has 0 aliphatic rings. The lowest BCUT2D eigenvalue weighted by molar-refractivity contribution is 0.0948. The molecule has 10 heteroatoms. The van der Waals surface area contributed by atoms with Crippen molar-refractivity contribution in [3.8, 4) is 11.5 Å². The van der Waals surface area contributed by atoms with E-state index in [0.717, 1.165) is 16.9 Å². The summed E-state index contributed by atoms with van der Waals surface area (Å²) in [6.45, 7) is 2.59. The Bertz CT molecular complexity index is 1040. The van der Waals surface area contributed by atoms with Crippen molar-refractivity contribution in [2.24, 2.45) is 0 Å². The summed E-state index contributed by atoms with van der Waals surface area (Å²) < 4.78 is 23.7. The summed E-state index contributed by atoms with van der Waals surface area (Å²) in [5, 5.41) is 12.9. The van der Waals surface area contributed by atoms with Crippen LogP contribution in [0.3, 0.4) is 0 Å². The van der Waals surface area contributed by atoms with Crippen LogP contribution in [-0.4, -0.2) is 35.7 Å². The number of halogens is 1. The second kappa shape index (κ2) is 9.79. The van der Waals surface area contributed by atoms with Crippen LogP contribution in [0.5, 0.6) is 11.5 Å². The number of carbonyl (C=O) groups excluding carboxylic acids is 2. The Kier molecular flexibility index (Phi) is 6.91. The Balaban J connectivity index is 1.60. The normalized spacial score (nSPS) is 10.4. The van der Waals surface area contributed by atoms with Gasteiger partial charge in [0.25, 0.3) is 11.8 Å². The number of methoxy groups -OCH3 is 1. The minimum atomic E-state index is -0.533. The van der Waals surface area contributed by atoms with E-state index < -0.39 is 17.6 Å². The average molecular weight is 430 g/mol. The molecule has 8 nitrogen and oxygen atoms in total. The molecule has 3 aromatic rings. The van der Waals surface area contributed by atoms with Crippen LogP contribution in [0.2, 0.25) is 0 Å². The number of carbonyl (C=O) groups is 2. The molecule has 0 saturated carbocycles. The second-order valence-electron chi connectivity index (χ2n) is 5.97. The zero-order valence-corrected chi connectivity index (χ0v) is 17.1. The Morgan fingerprint density at radius 1 is 1.03 bits per heavy atom. The van der Waals surface area contributed by atoms with Crippen LogP contribution in [0.25, 0.3) is 0 Å². The lowest BCUT2D eigenvalue weighted by atomic mass is 10.2. The standard InChI is InChI=1S/C20H19FN4O4S/c1-3-29-16-10-12(4-9-15(16)28-2)11-22-17(26)19-24-25-20(30-19)18(27)23-14-7-5-13(21)6-8-14/h4-10H,3,11H2,1-2H3,(H,22,26)(H,23,27). The first-order valence-electron chi connectivity index (χ1n) is 8.98. The van der Waals surface area contributed by atoms with Crippen LogP contribution < -0.4 is 20.1 Å². The molecule has 30 heavy (non-hydrogen) atoms. The van der Waals surface area contributed by atoms with Gasteiger partial charge in [0.1, 0.15) is 5.82 Å². The van der Waals surface area contributed by atoms with Gasteiger partial charge >= 0.3 is 0 Å². The molecule has 0 spiro atoms. The fourth-order valence-electron chi connectivity index (χ4n) is 2.48. The predicted molar refractivity (Wildman–Crippen MR) is 110 cm³/mol. The molecule has 0 radical (unpaired) electrons. The van der Waals surface area contributed by atoms with E-state index in [2.05, 4.69) is 20.8 Å². The van der Waals surface area contributed by atoms with Crippen molar-refractivity contribution >= 4 is 28.8 Å². The summed E-state index contributed by atoms with van der Waals surface area (Å²) >= 11 is 0.859. The Morgan fingerprint density at radius 2 is 1.73 bits per heavy atom. The van der Waals surface area contributed by atoms with Gasteiger partial charge < -0.3 is 20.1 Å². The van der Waals surface area contributed by atoms with Crippen molar-refractivity contribution in [1.29, 1.82) is 0 Å². The number of rotatable bonds is 8. The molecule has 0 aliphatic carbocycles. The van der Waals surface area contributed by atoms with E-state index in [1.54, 1.807) is 19.2 Å². The van der Waals surface area contributed by atoms with Crippen LogP contribution in [0.15, 0.2) is 42.5 Å². The lowest BCUT2D eigenvalue weighted by Gasteiger charge is -2.11. The van der Waals surface area contributed by atoms with Crippen molar-refractivity contribution in [2.45, 2.75) is 13.5 Å². The summed E-state index contributed by atoms with van der Waals surface area (Å²) in [5.41, 5.74) is 1.22. The molecule has 156 valence electrons. The highest BCUT2D eigenvalue weighted by molar-refractivity contribution is 7.15. The van der Waals surface area contributed by atoms with Crippen LogP contribution in [0.1, 0.15) is 32.1 Å². The molecule has 0 fully saturated rings. The summed E-state index contributed by atoms with van der Waals surface area (Å²) in [6.07, 6.45) is 0. The topological polar surface area (TPSA) is 102 Å². The third-order valence-electron chi connectivity index (χ3n) is 3.90. The molecule has 2 aromatic carbocycles. The third kappa shape index (κ3) is 5.29. The fraction of sp³-hybridized carbons (Fsp3) is 0.200. The van der Waals surface area contributed by atoms with Gasteiger partial charge in [-0.05, 0) is 48.9 Å². The van der Waals surface area contributed by atoms with E-state index in [4.69, 9.17) is 9.47 Å². The Morgan fingerprint density at radius 3 is 2.40 bits per heavy atom. The number of hydrogen-bond acceptors (Lipinski definition) is 7. The molecule has 0 unspecified atom stereocenters. The van der Waals surface area contributed by atoms with Gasteiger partial charge in [0.05, 0.1) is 13.7 Å². The average Bonchev–Trinajstić information content (AvgIpc) is 3.25. The van der Waals surface area contributed by atoms with Crippen molar-refractivity contribution in [1.82, 2.24) is 15.5 Å². The van der Waals surface area contributed by atoms with Gasteiger partial charge in [-0.15, -0.1) is 10.2 Å². The summed E-state index contributed by atoms with van der Waals surface area (Å²) in [6, 6.07) is 10.7. The number of amides is 2. The van der Waals surface area contributed by atoms with Crippen molar-refractivity contribution in [3.05, 3.63) is 63.9 Å². The number of aromatic nitrogens is 2. The third-order valence-corrected chi connectivity index (χ3v) is 4.82. The molecule has 2 N–H and O–H groups in total. The first-order chi connectivity index (χ1) is 14.5. The van der Waals surface area contributed by atoms with Gasteiger partial charge in [0, 0.05) is 12.2 Å². The van der Waals surface area contributed by atoms with Gasteiger partial charge in [0.15, 0.2) is 11.5 Å². The van der Waals surface area contributed by atoms with Gasteiger partial charge in [-0.3, -0.25) is 9.59 Å². The first-order valence-corrected chi connectivity index (χ1v) is 9.80. The molecule has 0 atom stereocenters. The van der Waals surface area contributed by atoms with E-state index >= 15 is 0 Å². The molecule has 1 aromatic heterocycles. The number of benzene rings is 2. The highest BCUT2D eigenvalue weighted by Gasteiger charge is 2.18. The molecule has 0 aliphatic heterocycles. The fourth-order valence-corrected chi connectivity index (χ4v) is 3.14. The Hall–Kier alpha value is -3.53. The van der Waals surface area contributed by atoms with E-state index in [-0.39, 0.29) is 16.6 Å². The summed E-state index contributed by atoms with van der Waals surface area (Å²) in [7, 11) is 1.55. The first kappa shape index (κ1) is 21.2. The zero-order chi connectivity index (χ0) is 21.5. The van der Waals surface area contributed by atoms with Crippen molar-refractivity contribution in [2.75, 3.05) is 19.0 Å². The summed E-state index contributed by atoms with van der Waals surface area (Å²) in [5.74, 6) is -0.208. The number of hydrogen-bond donors (Lipinski definition) is 2. The highest BCUT2D eigenvalue weighted by atomic mass is 32.1. The number of anilines is 1. The maximum atomic E-state index is 12.9. The minimum Gasteiger partial charge on any atom is -0.493 e. The lowest BCUT2D eigenvalue weighted by Crippen LogP contribution is -2.22. The van der Waals surface area contributed by atoms with E-state index in [9.17, 15) is 14.0 Å². The second-order valence-corrected chi connectivity index (χ2v) is 6.95. The maximum absolute atomic E-state index is 12.9. The van der Waals surface area contributed by atoms with E-state index in [0.29, 0.717) is 23.8 Å². The minimum absolute atomic E-state index is 0.0209. The smallest absolute Gasteiger partial charge is 0.286 e. The molecule has 0 saturated heterocycles. The number of nitrogens with one attached hydrogen (secondary N) is 2. The van der Waals surface area contributed by atoms with Crippen molar-refractivity contribution in [3.63, 3.8) is 0 Å². The number of ether oxygens (including phenoxy) is 2. The number of nitrogens with zero attached hydrogens (tertiary/aromatic N) is 2. The maximum Gasteiger partial charge on any atom is 0.286 e. The van der Waals surface area contributed by atoms with Crippen LogP contribution in [0.4, 0.5) is 10.1 Å². The SMILES string of the molecule is CCOc1cc(CNC(=O)c2nnc(C(=O)Nc3ccc(F)cc3)s2)ccc1OC. The Labute approximate surface area is 176 Å². The van der Waals surface area contributed by atoms with Gasteiger partial charge in [-0.25, -0.2) is 4.39 Å². The molecule has 0 bridgehead atoms. The van der Waals surface area contributed by atoms with Gasteiger partial charge in [-0.2, -0.15) is 0 Å². The molecule has 1 heterocycles. The van der Waals surface area contributed by atoms with E-state index in [1.165, 1.54) is 24.3 Å². The monoisotopic (exact) mass is 430 g/mol. The van der Waals surface area contributed by atoms with E-state index in [1.807, 2.05) is 13.0 Å². The predicted octanol–water partition coefficient (Wildman–Crippen LogP) is 3.27. The van der Waals surface area contributed by atoms with Crippen LogP contribution in [0, 0.1) is 5.82 Å². The van der Waals surface area contributed by atoms with Crippen LogP contribution in [-0.2, 0) is 6.54 Å². The molecular formula is C20H19FN4O4S. The highest BCUT2D eigenvalue weighted by Crippen LogP contribution is 2.28. The van der Waals surface area contributed by atoms with Gasteiger partial charge in [0.2, 0.25) is 10.0 Å². The molecule has 3 rings (SSSR count). The summed E-state index contributed by atoms with van der Waals surface area (Å²) in [4.78, 5) is 24.6. The molecular weight excluding hydrogens is 411 g/mol. The van der Waals surface area contributed by atoms with Gasteiger partial charge in [-0.1, -0.05) is 17.4 Å². The quantitative estimate of drug-likeness (QED) is 0.569. The van der Waals surface area contributed by atoms with Crippen LogP contribution >= 0.6 is 11.3 Å². The molecule has 2 amide bonds. The zero-order valence-electron chi connectivity index (χ0n) is 16.3. The largest absolute Gasteiger partial charge is 0.493 e.